The fraction of sp³-hybridized carbons (Fsp3) is 0.391. The highest BCUT2D eigenvalue weighted by Crippen LogP contribution is 2.20. The summed E-state index contributed by atoms with van der Waals surface area (Å²) in [6.07, 6.45) is 1.87. The van der Waals surface area contributed by atoms with Crippen molar-refractivity contribution < 1.29 is 14.3 Å². The fourth-order valence-corrected chi connectivity index (χ4v) is 3.77. The Hall–Kier alpha value is -2.86. The molecule has 0 radical (unpaired) electrons. The third-order valence-corrected chi connectivity index (χ3v) is 5.43. The highest BCUT2D eigenvalue weighted by Gasteiger charge is 2.23. The Morgan fingerprint density at radius 1 is 1.21 bits per heavy atom. The number of carbonyl (C=O) groups is 2. The van der Waals surface area contributed by atoms with Crippen molar-refractivity contribution in [2.75, 3.05) is 20.2 Å². The van der Waals surface area contributed by atoms with Gasteiger partial charge in [0.1, 0.15) is 5.75 Å². The third kappa shape index (κ3) is 5.57. The first-order chi connectivity index (χ1) is 14.0. The first kappa shape index (κ1) is 20.9. The van der Waals surface area contributed by atoms with Crippen LogP contribution in [-0.4, -0.2) is 36.9 Å². The van der Waals surface area contributed by atoms with Crippen LogP contribution in [0.25, 0.3) is 0 Å². The molecule has 0 spiro atoms. The van der Waals surface area contributed by atoms with E-state index in [1.165, 1.54) is 5.56 Å². The van der Waals surface area contributed by atoms with Gasteiger partial charge in [0, 0.05) is 25.2 Å². The first-order valence-corrected chi connectivity index (χ1v) is 9.98. The Labute approximate surface area is 172 Å². The van der Waals surface area contributed by atoms with Crippen LogP contribution in [0.2, 0.25) is 0 Å². The molecule has 3 N–H and O–H groups in total. The molecule has 2 amide bonds. The molecule has 3 rings (SSSR count). The van der Waals surface area contributed by atoms with Gasteiger partial charge in [0.05, 0.1) is 13.0 Å². The van der Waals surface area contributed by atoms with Crippen molar-refractivity contribution >= 4 is 11.8 Å². The van der Waals surface area contributed by atoms with Crippen LogP contribution in [0.5, 0.6) is 5.75 Å². The molecule has 0 aromatic heterocycles. The summed E-state index contributed by atoms with van der Waals surface area (Å²) in [6.45, 7) is 4.86. The standard InChI is InChI=1S/C23H29N3O3/c1-16-8-9-19(12-21(16)29-2)23(28)25-13-17-5-3-6-18(11-17)14-26-10-4-7-20(15-26)22(24)27/h3,5-6,8-9,11-12,20H,4,7,10,13-15H2,1-2H3,(H2,24,27)(H,25,28). The quantitative estimate of drug-likeness (QED) is 0.755. The number of likely N-dealkylation sites (tertiary alicyclic amines) is 1. The molecular formula is C23H29N3O3. The summed E-state index contributed by atoms with van der Waals surface area (Å²) >= 11 is 0. The number of hydrogen-bond donors (Lipinski definition) is 2. The lowest BCUT2D eigenvalue weighted by Crippen LogP contribution is -2.40. The number of rotatable bonds is 7. The van der Waals surface area contributed by atoms with E-state index in [4.69, 9.17) is 10.5 Å². The molecular weight excluding hydrogens is 366 g/mol. The number of amides is 2. The average Bonchev–Trinajstić information content (AvgIpc) is 2.73. The number of carbonyl (C=O) groups excluding carboxylic acids is 2. The van der Waals surface area contributed by atoms with Crippen molar-refractivity contribution in [1.82, 2.24) is 10.2 Å². The van der Waals surface area contributed by atoms with Crippen molar-refractivity contribution in [3.8, 4) is 5.75 Å². The smallest absolute Gasteiger partial charge is 0.251 e. The second-order valence-corrected chi connectivity index (χ2v) is 7.66. The molecule has 0 bridgehead atoms. The van der Waals surface area contributed by atoms with Crippen LogP contribution in [0.1, 0.15) is 39.9 Å². The van der Waals surface area contributed by atoms with Gasteiger partial charge in [-0.25, -0.2) is 0 Å². The van der Waals surface area contributed by atoms with Gasteiger partial charge in [0.25, 0.3) is 5.91 Å². The Morgan fingerprint density at radius 2 is 2.00 bits per heavy atom. The van der Waals surface area contributed by atoms with Crippen LogP contribution in [0.15, 0.2) is 42.5 Å². The second-order valence-electron chi connectivity index (χ2n) is 7.66. The molecule has 1 fully saturated rings. The van der Waals surface area contributed by atoms with Gasteiger partial charge in [-0.3, -0.25) is 14.5 Å². The number of ether oxygens (including phenoxy) is 1. The zero-order valence-electron chi connectivity index (χ0n) is 17.1. The van der Waals surface area contributed by atoms with Gasteiger partial charge in [0.15, 0.2) is 0 Å². The highest BCUT2D eigenvalue weighted by molar-refractivity contribution is 5.94. The number of methoxy groups -OCH3 is 1. The van der Waals surface area contributed by atoms with Gasteiger partial charge in [-0.15, -0.1) is 0 Å². The molecule has 29 heavy (non-hydrogen) atoms. The van der Waals surface area contributed by atoms with Crippen LogP contribution >= 0.6 is 0 Å². The lowest BCUT2D eigenvalue weighted by molar-refractivity contribution is -0.123. The van der Waals surface area contributed by atoms with Gasteiger partial charge in [0.2, 0.25) is 5.91 Å². The minimum Gasteiger partial charge on any atom is -0.496 e. The summed E-state index contributed by atoms with van der Waals surface area (Å²) < 4.78 is 5.30. The lowest BCUT2D eigenvalue weighted by Gasteiger charge is -2.31. The first-order valence-electron chi connectivity index (χ1n) is 9.98. The van der Waals surface area contributed by atoms with E-state index >= 15 is 0 Å². The topological polar surface area (TPSA) is 84.7 Å². The van der Waals surface area contributed by atoms with Crippen molar-refractivity contribution in [3.63, 3.8) is 0 Å². The lowest BCUT2D eigenvalue weighted by atomic mass is 9.97. The van der Waals surface area contributed by atoms with Gasteiger partial charge >= 0.3 is 0 Å². The van der Waals surface area contributed by atoms with Crippen molar-refractivity contribution in [3.05, 3.63) is 64.7 Å². The van der Waals surface area contributed by atoms with E-state index in [2.05, 4.69) is 22.3 Å². The predicted octanol–water partition coefficient (Wildman–Crippen LogP) is 2.63. The number of piperidine rings is 1. The zero-order valence-corrected chi connectivity index (χ0v) is 17.1. The molecule has 0 aliphatic carbocycles. The van der Waals surface area contributed by atoms with E-state index in [-0.39, 0.29) is 17.7 Å². The molecule has 1 unspecified atom stereocenters. The predicted molar refractivity (Wildman–Crippen MR) is 113 cm³/mol. The minimum atomic E-state index is -0.209. The highest BCUT2D eigenvalue weighted by atomic mass is 16.5. The Bertz CT molecular complexity index is 881. The molecule has 6 nitrogen and oxygen atoms in total. The van der Waals surface area contributed by atoms with E-state index < -0.39 is 0 Å². The maximum absolute atomic E-state index is 12.5. The SMILES string of the molecule is COc1cc(C(=O)NCc2cccc(CN3CCCC(C(N)=O)C3)c2)ccc1C. The molecule has 1 aliphatic heterocycles. The number of nitrogens with two attached hydrogens (primary N) is 1. The molecule has 1 heterocycles. The molecule has 2 aromatic rings. The van der Waals surface area contributed by atoms with Crippen molar-refractivity contribution in [2.45, 2.75) is 32.9 Å². The van der Waals surface area contributed by atoms with E-state index in [1.54, 1.807) is 19.2 Å². The number of hydrogen-bond acceptors (Lipinski definition) is 4. The zero-order chi connectivity index (χ0) is 20.8. The van der Waals surface area contributed by atoms with Crippen LogP contribution < -0.4 is 15.8 Å². The molecule has 154 valence electrons. The van der Waals surface area contributed by atoms with Crippen LogP contribution in [0.4, 0.5) is 0 Å². The normalized spacial score (nSPS) is 17.0. The summed E-state index contributed by atoms with van der Waals surface area (Å²) in [5.41, 5.74) is 9.25. The molecule has 6 heteroatoms. The second kappa shape index (κ2) is 9.56. The van der Waals surface area contributed by atoms with Crippen LogP contribution in [0, 0.1) is 12.8 Å². The molecule has 2 aromatic carbocycles. The van der Waals surface area contributed by atoms with Crippen LogP contribution in [-0.2, 0) is 17.9 Å². The van der Waals surface area contributed by atoms with E-state index in [9.17, 15) is 9.59 Å². The van der Waals surface area contributed by atoms with Crippen LogP contribution in [0.3, 0.4) is 0 Å². The maximum atomic E-state index is 12.5. The van der Waals surface area contributed by atoms with Crippen molar-refractivity contribution in [1.29, 1.82) is 0 Å². The van der Waals surface area contributed by atoms with E-state index in [1.807, 2.05) is 25.1 Å². The Morgan fingerprint density at radius 3 is 2.76 bits per heavy atom. The maximum Gasteiger partial charge on any atom is 0.251 e. The molecule has 1 atom stereocenters. The summed E-state index contributed by atoms with van der Waals surface area (Å²) in [4.78, 5) is 26.2. The van der Waals surface area contributed by atoms with Gasteiger partial charge in [-0.1, -0.05) is 30.3 Å². The third-order valence-electron chi connectivity index (χ3n) is 5.43. The summed E-state index contributed by atoms with van der Waals surface area (Å²) in [5.74, 6) is 0.307. The number of aryl methyl sites for hydroxylation is 1. The monoisotopic (exact) mass is 395 g/mol. The van der Waals surface area contributed by atoms with E-state index in [0.717, 1.165) is 37.1 Å². The number of benzene rings is 2. The Kier molecular flexibility index (Phi) is 6.88. The van der Waals surface area contributed by atoms with Gasteiger partial charge in [-0.2, -0.15) is 0 Å². The van der Waals surface area contributed by atoms with E-state index in [0.29, 0.717) is 24.4 Å². The summed E-state index contributed by atoms with van der Waals surface area (Å²) in [7, 11) is 1.60. The largest absolute Gasteiger partial charge is 0.496 e. The molecule has 0 saturated carbocycles. The molecule has 1 saturated heterocycles. The number of nitrogens with zero attached hydrogens (tertiary/aromatic N) is 1. The van der Waals surface area contributed by atoms with Gasteiger partial charge < -0.3 is 15.8 Å². The minimum absolute atomic E-state index is 0.0577. The van der Waals surface area contributed by atoms with Gasteiger partial charge in [-0.05, 0) is 55.1 Å². The number of nitrogens with one attached hydrogen (secondary N) is 1. The summed E-state index contributed by atoms with van der Waals surface area (Å²) in [6, 6.07) is 13.6. The average molecular weight is 396 g/mol. The fourth-order valence-electron chi connectivity index (χ4n) is 3.77. The number of primary amides is 1. The molecule has 1 aliphatic rings. The Balaban J connectivity index is 1.58. The summed E-state index contributed by atoms with van der Waals surface area (Å²) in [5, 5.41) is 2.97. The van der Waals surface area contributed by atoms with Crippen molar-refractivity contribution in [2.24, 2.45) is 11.7 Å².